The monoisotopic (exact) mass is 337 g/mol. The SMILES string of the molecule is CC(C)(C)Nc1cc2c(c3c1[Si]3(C)CCCO)Cc1ccccc1-2. The quantitative estimate of drug-likeness (QED) is 0.716. The van der Waals surface area contributed by atoms with Gasteiger partial charge in [-0.05, 0) is 78.4 Å². The summed E-state index contributed by atoms with van der Waals surface area (Å²) in [5, 5.41) is 16.4. The van der Waals surface area contributed by atoms with Crippen molar-refractivity contribution in [2.24, 2.45) is 0 Å². The van der Waals surface area contributed by atoms with Crippen molar-refractivity contribution in [3.8, 4) is 11.1 Å². The zero-order chi connectivity index (χ0) is 17.1. The molecule has 0 saturated heterocycles. The van der Waals surface area contributed by atoms with Crippen molar-refractivity contribution in [3.63, 3.8) is 0 Å². The molecule has 0 fully saturated rings. The van der Waals surface area contributed by atoms with E-state index in [1.165, 1.54) is 28.4 Å². The third-order valence-corrected chi connectivity index (χ3v) is 9.88. The molecule has 1 atom stereocenters. The average Bonchev–Trinajstić information content (AvgIpc) is 2.96. The molecule has 0 bridgehead atoms. The first-order valence-electron chi connectivity index (χ1n) is 9.03. The van der Waals surface area contributed by atoms with Crippen LogP contribution in [0.4, 0.5) is 5.69 Å². The van der Waals surface area contributed by atoms with E-state index in [0.29, 0.717) is 6.61 Å². The molecule has 0 radical (unpaired) electrons. The molecule has 4 rings (SSSR count). The molecular formula is C21H27NOSi. The maximum Gasteiger partial charge on any atom is 0.118 e. The van der Waals surface area contributed by atoms with Gasteiger partial charge in [0.15, 0.2) is 0 Å². The van der Waals surface area contributed by atoms with Crippen LogP contribution < -0.4 is 15.7 Å². The van der Waals surface area contributed by atoms with Gasteiger partial charge >= 0.3 is 0 Å². The Morgan fingerprint density at radius 2 is 1.88 bits per heavy atom. The zero-order valence-electron chi connectivity index (χ0n) is 15.2. The first-order valence-corrected chi connectivity index (χ1v) is 11.7. The summed E-state index contributed by atoms with van der Waals surface area (Å²) in [6.07, 6.45) is 2.01. The molecule has 0 spiro atoms. The molecule has 1 unspecified atom stereocenters. The predicted octanol–water partition coefficient (Wildman–Crippen LogP) is 3.36. The first-order chi connectivity index (χ1) is 11.3. The Balaban J connectivity index is 1.85. The van der Waals surface area contributed by atoms with Crippen molar-refractivity contribution in [3.05, 3.63) is 41.5 Å². The number of anilines is 1. The molecule has 2 nitrogen and oxygen atoms in total. The van der Waals surface area contributed by atoms with Gasteiger partial charge in [0, 0.05) is 17.8 Å². The van der Waals surface area contributed by atoms with Gasteiger partial charge in [-0.2, -0.15) is 0 Å². The van der Waals surface area contributed by atoms with E-state index in [2.05, 4.69) is 63.0 Å². The molecule has 24 heavy (non-hydrogen) atoms. The largest absolute Gasteiger partial charge is 0.396 e. The molecule has 1 aliphatic heterocycles. The van der Waals surface area contributed by atoms with Crippen molar-refractivity contribution in [2.45, 2.75) is 51.7 Å². The molecule has 126 valence electrons. The highest BCUT2D eigenvalue weighted by Crippen LogP contribution is 2.42. The maximum absolute atomic E-state index is 9.33. The summed E-state index contributed by atoms with van der Waals surface area (Å²) in [4.78, 5) is 0. The number of nitrogens with one attached hydrogen (secondary N) is 1. The maximum atomic E-state index is 9.33. The van der Waals surface area contributed by atoms with Crippen molar-refractivity contribution in [2.75, 3.05) is 11.9 Å². The van der Waals surface area contributed by atoms with Gasteiger partial charge in [0.05, 0.1) is 0 Å². The van der Waals surface area contributed by atoms with Crippen LogP contribution >= 0.6 is 0 Å². The highest BCUT2D eigenvalue weighted by molar-refractivity contribution is 7.18. The summed E-state index contributed by atoms with van der Waals surface area (Å²) in [5.74, 6) is 0. The summed E-state index contributed by atoms with van der Waals surface area (Å²) in [6.45, 7) is 9.49. The van der Waals surface area contributed by atoms with E-state index in [4.69, 9.17) is 0 Å². The predicted molar refractivity (Wildman–Crippen MR) is 105 cm³/mol. The normalized spacial score (nSPS) is 20.4. The van der Waals surface area contributed by atoms with E-state index < -0.39 is 8.07 Å². The Kier molecular flexibility index (Phi) is 3.45. The number of fused-ring (bicyclic) bond motifs is 5. The second kappa shape index (κ2) is 5.20. The lowest BCUT2D eigenvalue weighted by Crippen LogP contribution is -2.30. The smallest absolute Gasteiger partial charge is 0.118 e. The fourth-order valence-electron chi connectivity index (χ4n) is 4.50. The number of hydrogen-bond donors (Lipinski definition) is 2. The van der Waals surface area contributed by atoms with Crippen LogP contribution in [-0.2, 0) is 6.42 Å². The minimum Gasteiger partial charge on any atom is -0.396 e. The van der Waals surface area contributed by atoms with Crippen LogP contribution in [0.2, 0.25) is 12.6 Å². The van der Waals surface area contributed by atoms with Crippen molar-refractivity contribution >= 4 is 24.1 Å². The summed E-state index contributed by atoms with van der Waals surface area (Å²) in [5.41, 5.74) is 7.31. The van der Waals surface area contributed by atoms with Crippen LogP contribution in [0.3, 0.4) is 0 Å². The van der Waals surface area contributed by atoms with E-state index in [0.717, 1.165) is 12.8 Å². The Hall–Kier alpha value is -1.58. The van der Waals surface area contributed by atoms with Gasteiger partial charge in [-0.1, -0.05) is 30.8 Å². The van der Waals surface area contributed by atoms with Crippen LogP contribution in [0.25, 0.3) is 11.1 Å². The van der Waals surface area contributed by atoms with Crippen LogP contribution in [0.1, 0.15) is 38.3 Å². The van der Waals surface area contributed by atoms with Gasteiger partial charge < -0.3 is 10.4 Å². The molecule has 2 aromatic carbocycles. The molecule has 1 aliphatic carbocycles. The zero-order valence-corrected chi connectivity index (χ0v) is 16.2. The van der Waals surface area contributed by atoms with Gasteiger partial charge in [0.25, 0.3) is 0 Å². The fraction of sp³-hybridized carbons (Fsp3) is 0.429. The minimum absolute atomic E-state index is 0.0645. The van der Waals surface area contributed by atoms with Crippen molar-refractivity contribution in [1.82, 2.24) is 0 Å². The molecule has 2 N–H and O–H groups in total. The molecule has 1 heterocycles. The Labute approximate surface area is 145 Å². The van der Waals surface area contributed by atoms with Gasteiger partial charge in [-0.3, -0.25) is 0 Å². The van der Waals surface area contributed by atoms with E-state index in [1.807, 2.05) is 0 Å². The molecule has 3 heteroatoms. The number of benzene rings is 2. The van der Waals surface area contributed by atoms with Gasteiger partial charge in [0.2, 0.25) is 0 Å². The highest BCUT2D eigenvalue weighted by Gasteiger charge is 2.53. The minimum atomic E-state index is -1.53. The summed E-state index contributed by atoms with van der Waals surface area (Å²) in [7, 11) is -1.53. The van der Waals surface area contributed by atoms with Crippen LogP contribution in [0.5, 0.6) is 0 Å². The number of aliphatic hydroxyl groups excluding tert-OH is 1. The third-order valence-electron chi connectivity index (χ3n) is 5.50. The van der Waals surface area contributed by atoms with E-state index in [9.17, 15) is 5.11 Å². The standard InChI is InChI=1S/C21H27NOSi/c1-21(2,3)22-18-13-16-15-9-6-5-8-14(15)12-17(16)19-20(18)24(19,4)11-7-10-23/h5-6,8-9,13,22-23H,7,10-12H2,1-4H3. The molecular weight excluding hydrogens is 310 g/mol. The lowest BCUT2D eigenvalue weighted by molar-refractivity contribution is 0.294. The van der Waals surface area contributed by atoms with Gasteiger partial charge in [-0.15, -0.1) is 0 Å². The molecule has 2 aliphatic rings. The summed E-state index contributed by atoms with van der Waals surface area (Å²) < 4.78 is 0. The van der Waals surface area contributed by atoms with E-state index >= 15 is 0 Å². The molecule has 2 aromatic rings. The van der Waals surface area contributed by atoms with E-state index in [1.54, 1.807) is 15.9 Å². The second-order valence-corrected chi connectivity index (χ2v) is 12.7. The van der Waals surface area contributed by atoms with Crippen molar-refractivity contribution < 1.29 is 5.11 Å². The lowest BCUT2D eigenvalue weighted by atomic mass is 10.0. The Morgan fingerprint density at radius 1 is 1.12 bits per heavy atom. The Bertz CT molecular complexity index is 821. The Morgan fingerprint density at radius 3 is 2.58 bits per heavy atom. The number of hydrogen-bond acceptors (Lipinski definition) is 2. The molecule has 0 saturated carbocycles. The van der Waals surface area contributed by atoms with E-state index in [-0.39, 0.29) is 5.54 Å². The molecule has 0 aromatic heterocycles. The first kappa shape index (κ1) is 15.9. The number of rotatable bonds is 4. The number of aliphatic hydroxyl groups is 1. The second-order valence-electron chi connectivity index (χ2n) is 8.57. The summed E-state index contributed by atoms with van der Waals surface area (Å²) >= 11 is 0. The average molecular weight is 338 g/mol. The van der Waals surface area contributed by atoms with Crippen LogP contribution in [-0.4, -0.2) is 25.3 Å². The van der Waals surface area contributed by atoms with Crippen LogP contribution in [0.15, 0.2) is 30.3 Å². The molecule has 0 amide bonds. The van der Waals surface area contributed by atoms with Gasteiger partial charge in [0.1, 0.15) is 8.07 Å². The van der Waals surface area contributed by atoms with Crippen molar-refractivity contribution in [1.29, 1.82) is 0 Å². The van der Waals surface area contributed by atoms with Crippen LogP contribution in [0, 0.1) is 0 Å². The van der Waals surface area contributed by atoms with Gasteiger partial charge in [-0.25, -0.2) is 0 Å². The fourth-order valence-corrected chi connectivity index (χ4v) is 9.24. The highest BCUT2D eigenvalue weighted by atomic mass is 28.3. The summed E-state index contributed by atoms with van der Waals surface area (Å²) in [6, 6.07) is 12.4. The third kappa shape index (κ3) is 2.33. The topological polar surface area (TPSA) is 32.3 Å². The lowest BCUT2D eigenvalue weighted by Gasteiger charge is -2.23.